The predicted molar refractivity (Wildman–Crippen MR) is 89.3 cm³/mol. The van der Waals surface area contributed by atoms with Gasteiger partial charge in [0.2, 0.25) is 0 Å². The second kappa shape index (κ2) is 7.61. The van der Waals surface area contributed by atoms with Gasteiger partial charge in [-0.15, -0.1) is 0 Å². The molecule has 4 nitrogen and oxygen atoms in total. The van der Waals surface area contributed by atoms with Gasteiger partial charge in [0.1, 0.15) is 5.75 Å². The number of amides is 1. The number of carbonyl (C=O) groups is 1. The summed E-state index contributed by atoms with van der Waals surface area (Å²) in [6, 6.07) is 15.7. The lowest BCUT2D eigenvalue weighted by Gasteiger charge is -2.13. The van der Waals surface area contributed by atoms with E-state index in [1.807, 2.05) is 67.5 Å². The van der Waals surface area contributed by atoms with Gasteiger partial charge in [0.15, 0.2) is 0 Å². The molecule has 0 radical (unpaired) electrons. The van der Waals surface area contributed by atoms with E-state index in [2.05, 4.69) is 5.32 Å². The molecule has 1 amide bonds. The minimum Gasteiger partial charge on any atom is -0.496 e. The minimum absolute atomic E-state index is 0.114. The Kier molecular flexibility index (Phi) is 5.55. The number of ether oxygens (including phenoxy) is 1. The molecular weight excluding hydrogens is 276 g/mol. The van der Waals surface area contributed by atoms with Gasteiger partial charge in [-0.2, -0.15) is 0 Å². The molecular formula is C18H22N2O2. The molecule has 0 aliphatic rings. The van der Waals surface area contributed by atoms with Crippen molar-refractivity contribution in [3.05, 3.63) is 54.1 Å². The first-order chi connectivity index (χ1) is 10.6. The van der Waals surface area contributed by atoms with E-state index in [0.717, 1.165) is 17.7 Å². The second-order valence-corrected chi connectivity index (χ2v) is 5.34. The van der Waals surface area contributed by atoms with Crippen LogP contribution < -0.4 is 10.1 Å². The minimum atomic E-state index is -0.114. The Balaban J connectivity index is 2.23. The Morgan fingerprint density at radius 2 is 1.82 bits per heavy atom. The number of rotatable bonds is 6. The van der Waals surface area contributed by atoms with Crippen LogP contribution in [0.1, 0.15) is 10.4 Å². The van der Waals surface area contributed by atoms with E-state index in [-0.39, 0.29) is 5.91 Å². The van der Waals surface area contributed by atoms with Crippen molar-refractivity contribution in [3.8, 4) is 16.9 Å². The zero-order chi connectivity index (χ0) is 15.9. The van der Waals surface area contributed by atoms with Gasteiger partial charge in [-0.05, 0) is 37.4 Å². The van der Waals surface area contributed by atoms with Crippen LogP contribution in [0.2, 0.25) is 0 Å². The van der Waals surface area contributed by atoms with E-state index in [9.17, 15) is 4.79 Å². The van der Waals surface area contributed by atoms with Gasteiger partial charge in [0, 0.05) is 13.1 Å². The fraction of sp³-hybridized carbons (Fsp3) is 0.278. The van der Waals surface area contributed by atoms with E-state index in [4.69, 9.17) is 4.74 Å². The number of hydrogen-bond acceptors (Lipinski definition) is 3. The standard InChI is InChI=1S/C18H22N2O2/c1-20(2)12-11-19-18(21)16-13-15(9-10-17(16)22-3)14-7-5-4-6-8-14/h4-10,13H,11-12H2,1-3H3,(H,19,21). The highest BCUT2D eigenvalue weighted by Gasteiger charge is 2.13. The second-order valence-electron chi connectivity index (χ2n) is 5.34. The molecule has 4 heteroatoms. The van der Waals surface area contributed by atoms with Crippen LogP contribution in [0.3, 0.4) is 0 Å². The number of hydrogen-bond donors (Lipinski definition) is 1. The maximum absolute atomic E-state index is 12.4. The first-order valence-corrected chi connectivity index (χ1v) is 7.28. The highest BCUT2D eigenvalue weighted by molar-refractivity contribution is 5.98. The monoisotopic (exact) mass is 298 g/mol. The van der Waals surface area contributed by atoms with Crippen molar-refractivity contribution in [3.63, 3.8) is 0 Å². The zero-order valence-electron chi connectivity index (χ0n) is 13.3. The molecule has 0 fully saturated rings. The third-order valence-electron chi connectivity index (χ3n) is 3.40. The van der Waals surface area contributed by atoms with E-state index in [0.29, 0.717) is 17.9 Å². The molecule has 116 valence electrons. The quantitative estimate of drug-likeness (QED) is 0.891. The maximum Gasteiger partial charge on any atom is 0.255 e. The number of nitrogens with zero attached hydrogens (tertiary/aromatic N) is 1. The Labute approximate surface area is 131 Å². The van der Waals surface area contributed by atoms with Gasteiger partial charge in [-0.25, -0.2) is 0 Å². The van der Waals surface area contributed by atoms with E-state index in [1.54, 1.807) is 7.11 Å². The molecule has 22 heavy (non-hydrogen) atoms. The van der Waals surface area contributed by atoms with Gasteiger partial charge in [0.05, 0.1) is 12.7 Å². The van der Waals surface area contributed by atoms with Crippen LogP contribution in [-0.4, -0.2) is 45.1 Å². The summed E-state index contributed by atoms with van der Waals surface area (Å²) < 4.78 is 5.31. The lowest BCUT2D eigenvalue weighted by atomic mass is 10.0. The molecule has 2 rings (SSSR count). The van der Waals surface area contributed by atoms with Crippen molar-refractivity contribution in [1.82, 2.24) is 10.2 Å². The molecule has 0 saturated heterocycles. The molecule has 0 aliphatic carbocycles. The highest BCUT2D eigenvalue weighted by atomic mass is 16.5. The average molecular weight is 298 g/mol. The van der Waals surface area contributed by atoms with Crippen LogP contribution in [0.4, 0.5) is 0 Å². The van der Waals surface area contributed by atoms with Crippen molar-refractivity contribution < 1.29 is 9.53 Å². The number of nitrogens with one attached hydrogen (secondary N) is 1. The summed E-state index contributed by atoms with van der Waals surface area (Å²) in [7, 11) is 5.53. The van der Waals surface area contributed by atoms with E-state index < -0.39 is 0 Å². The van der Waals surface area contributed by atoms with Gasteiger partial charge in [0.25, 0.3) is 5.91 Å². The molecule has 0 aromatic heterocycles. The zero-order valence-corrected chi connectivity index (χ0v) is 13.3. The Morgan fingerprint density at radius 3 is 2.45 bits per heavy atom. The number of carbonyl (C=O) groups excluding carboxylic acids is 1. The number of likely N-dealkylation sites (N-methyl/N-ethyl adjacent to an activating group) is 1. The largest absolute Gasteiger partial charge is 0.496 e. The lowest BCUT2D eigenvalue weighted by molar-refractivity contribution is 0.0948. The molecule has 0 atom stereocenters. The molecule has 0 heterocycles. The summed E-state index contributed by atoms with van der Waals surface area (Å²) in [5.41, 5.74) is 2.63. The molecule has 0 aliphatic heterocycles. The molecule has 0 bridgehead atoms. The van der Waals surface area contributed by atoms with Crippen LogP contribution in [0, 0.1) is 0 Å². The summed E-state index contributed by atoms with van der Waals surface area (Å²) in [6.45, 7) is 1.40. The SMILES string of the molecule is COc1ccc(-c2ccccc2)cc1C(=O)NCCN(C)C. The average Bonchev–Trinajstić information content (AvgIpc) is 2.54. The summed E-state index contributed by atoms with van der Waals surface area (Å²) in [6.07, 6.45) is 0. The number of methoxy groups -OCH3 is 1. The van der Waals surface area contributed by atoms with Crippen molar-refractivity contribution in [2.45, 2.75) is 0 Å². The molecule has 2 aromatic carbocycles. The van der Waals surface area contributed by atoms with Crippen molar-refractivity contribution >= 4 is 5.91 Å². The topological polar surface area (TPSA) is 41.6 Å². The summed E-state index contributed by atoms with van der Waals surface area (Å²) in [4.78, 5) is 14.4. The molecule has 0 saturated carbocycles. The Hall–Kier alpha value is -2.33. The van der Waals surface area contributed by atoms with Crippen molar-refractivity contribution in [2.24, 2.45) is 0 Å². The van der Waals surface area contributed by atoms with Gasteiger partial charge < -0.3 is 15.0 Å². The van der Waals surface area contributed by atoms with Crippen LogP contribution >= 0.6 is 0 Å². The van der Waals surface area contributed by atoms with Gasteiger partial charge >= 0.3 is 0 Å². The van der Waals surface area contributed by atoms with Crippen LogP contribution in [0.15, 0.2) is 48.5 Å². The smallest absolute Gasteiger partial charge is 0.255 e. The van der Waals surface area contributed by atoms with Crippen LogP contribution in [-0.2, 0) is 0 Å². The summed E-state index contributed by atoms with van der Waals surface area (Å²) in [5.74, 6) is 0.471. The van der Waals surface area contributed by atoms with Crippen molar-refractivity contribution in [2.75, 3.05) is 34.3 Å². The third-order valence-corrected chi connectivity index (χ3v) is 3.40. The summed E-state index contributed by atoms with van der Waals surface area (Å²) in [5, 5.41) is 2.92. The first-order valence-electron chi connectivity index (χ1n) is 7.28. The molecule has 0 spiro atoms. The maximum atomic E-state index is 12.4. The fourth-order valence-corrected chi connectivity index (χ4v) is 2.18. The van der Waals surface area contributed by atoms with E-state index in [1.165, 1.54) is 0 Å². The van der Waals surface area contributed by atoms with Crippen LogP contribution in [0.5, 0.6) is 5.75 Å². The molecule has 1 N–H and O–H groups in total. The fourth-order valence-electron chi connectivity index (χ4n) is 2.18. The third kappa shape index (κ3) is 4.09. The molecule has 0 unspecified atom stereocenters. The van der Waals surface area contributed by atoms with Gasteiger partial charge in [-0.1, -0.05) is 36.4 Å². The number of benzene rings is 2. The normalized spacial score (nSPS) is 10.5. The molecule has 2 aromatic rings. The first kappa shape index (κ1) is 16.0. The summed E-state index contributed by atoms with van der Waals surface area (Å²) >= 11 is 0. The Bertz CT molecular complexity index is 624. The Morgan fingerprint density at radius 1 is 1.09 bits per heavy atom. The predicted octanol–water partition coefficient (Wildman–Crippen LogP) is 2.65. The van der Waals surface area contributed by atoms with Gasteiger partial charge in [-0.3, -0.25) is 4.79 Å². The van der Waals surface area contributed by atoms with Crippen LogP contribution in [0.25, 0.3) is 11.1 Å². The lowest BCUT2D eigenvalue weighted by Crippen LogP contribution is -2.31. The van der Waals surface area contributed by atoms with E-state index >= 15 is 0 Å². The highest BCUT2D eigenvalue weighted by Crippen LogP contribution is 2.26. The van der Waals surface area contributed by atoms with Crippen molar-refractivity contribution in [1.29, 1.82) is 0 Å².